The van der Waals surface area contributed by atoms with Gasteiger partial charge < -0.3 is 14.8 Å². The maximum atomic E-state index is 13.5. The highest BCUT2D eigenvalue weighted by atomic mass is 32.1. The molecular weight excluding hydrogens is 501 g/mol. The van der Waals surface area contributed by atoms with Crippen molar-refractivity contribution in [2.45, 2.75) is 18.4 Å². The van der Waals surface area contributed by atoms with Crippen LogP contribution in [0.15, 0.2) is 60.0 Å². The number of hydrogen-bond donors (Lipinski definition) is 3. The SMILES string of the molecule is O=C(O)Nc1nc2cc(C3(OC(=O)C(F)(F)F)c4ccccc4C(=O)N3Cc3cccs3)ccc2[nH]1. The van der Waals surface area contributed by atoms with Crippen LogP contribution in [0.2, 0.25) is 0 Å². The molecule has 0 saturated heterocycles. The van der Waals surface area contributed by atoms with Crippen molar-refractivity contribution in [3.8, 4) is 0 Å². The first-order valence-electron chi connectivity index (χ1n) is 10.3. The van der Waals surface area contributed by atoms with E-state index in [9.17, 15) is 27.6 Å². The Labute approximate surface area is 204 Å². The second-order valence-electron chi connectivity index (χ2n) is 7.80. The zero-order valence-corrected chi connectivity index (χ0v) is 18.8. The van der Waals surface area contributed by atoms with Gasteiger partial charge in [-0.2, -0.15) is 13.2 Å². The van der Waals surface area contributed by atoms with E-state index in [1.165, 1.54) is 47.7 Å². The van der Waals surface area contributed by atoms with E-state index in [4.69, 9.17) is 9.84 Å². The number of aromatic amines is 1. The van der Waals surface area contributed by atoms with Crippen molar-refractivity contribution in [2.24, 2.45) is 0 Å². The number of benzene rings is 2. The normalized spacial score (nSPS) is 17.3. The largest absolute Gasteiger partial charge is 0.491 e. The summed E-state index contributed by atoms with van der Waals surface area (Å²) in [6.07, 6.45) is -6.71. The van der Waals surface area contributed by atoms with Gasteiger partial charge in [0, 0.05) is 21.6 Å². The first kappa shape index (κ1) is 23.4. The Hall–Kier alpha value is -4.39. The van der Waals surface area contributed by atoms with Crippen molar-refractivity contribution >= 4 is 46.3 Å². The van der Waals surface area contributed by atoms with Crippen molar-refractivity contribution in [1.29, 1.82) is 0 Å². The number of H-pyrrole nitrogens is 1. The molecule has 9 nitrogen and oxygen atoms in total. The maximum Gasteiger partial charge on any atom is 0.491 e. The molecule has 13 heteroatoms. The number of esters is 1. The molecule has 184 valence electrons. The third-order valence-corrected chi connectivity index (χ3v) is 6.47. The number of ether oxygens (including phenoxy) is 1. The molecular formula is C23H15F3N4O5S. The van der Waals surface area contributed by atoms with Crippen molar-refractivity contribution in [1.82, 2.24) is 14.9 Å². The summed E-state index contributed by atoms with van der Waals surface area (Å²) in [4.78, 5) is 45.3. The van der Waals surface area contributed by atoms with Gasteiger partial charge in [0.05, 0.1) is 17.6 Å². The van der Waals surface area contributed by atoms with Crippen LogP contribution >= 0.6 is 11.3 Å². The van der Waals surface area contributed by atoms with Crippen LogP contribution in [0.25, 0.3) is 11.0 Å². The smallest absolute Gasteiger partial charge is 0.465 e. The number of amides is 2. The van der Waals surface area contributed by atoms with Crippen molar-refractivity contribution < 1.29 is 37.4 Å². The van der Waals surface area contributed by atoms with Crippen molar-refractivity contribution in [2.75, 3.05) is 5.32 Å². The highest BCUT2D eigenvalue weighted by Gasteiger charge is 2.57. The Bertz CT molecular complexity index is 1500. The van der Waals surface area contributed by atoms with E-state index in [1.54, 1.807) is 23.6 Å². The number of halogens is 3. The van der Waals surface area contributed by atoms with Crippen LogP contribution in [-0.4, -0.2) is 44.1 Å². The number of nitrogens with zero attached hydrogens (tertiary/aromatic N) is 2. The van der Waals surface area contributed by atoms with Crippen LogP contribution in [0, 0.1) is 0 Å². The Morgan fingerprint density at radius 2 is 1.94 bits per heavy atom. The van der Waals surface area contributed by atoms with Crippen LogP contribution in [0.3, 0.4) is 0 Å². The molecule has 0 spiro atoms. The van der Waals surface area contributed by atoms with Gasteiger partial charge in [-0.3, -0.25) is 15.0 Å². The van der Waals surface area contributed by atoms with Crippen molar-refractivity contribution in [3.05, 3.63) is 81.5 Å². The molecule has 0 saturated carbocycles. The fraction of sp³-hybridized carbons (Fsp3) is 0.130. The summed E-state index contributed by atoms with van der Waals surface area (Å²) < 4.78 is 45.7. The van der Waals surface area contributed by atoms with Crippen molar-refractivity contribution in [3.63, 3.8) is 0 Å². The minimum absolute atomic E-state index is 0.0239. The fourth-order valence-corrected chi connectivity index (χ4v) is 4.88. The van der Waals surface area contributed by atoms with Gasteiger partial charge in [-0.25, -0.2) is 14.6 Å². The predicted molar refractivity (Wildman–Crippen MR) is 121 cm³/mol. The number of rotatable bonds is 5. The summed E-state index contributed by atoms with van der Waals surface area (Å²) >= 11 is 1.28. The molecule has 1 atom stereocenters. The number of nitrogens with one attached hydrogen (secondary N) is 2. The maximum absolute atomic E-state index is 13.5. The van der Waals surface area contributed by atoms with E-state index >= 15 is 0 Å². The van der Waals surface area contributed by atoms with Gasteiger partial charge >= 0.3 is 18.2 Å². The lowest BCUT2D eigenvalue weighted by atomic mass is 9.93. The van der Waals surface area contributed by atoms with Gasteiger partial charge in [-0.15, -0.1) is 11.3 Å². The Morgan fingerprint density at radius 3 is 2.64 bits per heavy atom. The summed E-state index contributed by atoms with van der Waals surface area (Å²) in [5.74, 6) is -3.21. The Kier molecular flexibility index (Phi) is 5.43. The van der Waals surface area contributed by atoms with E-state index in [2.05, 4.69) is 15.3 Å². The first-order valence-corrected chi connectivity index (χ1v) is 11.2. The van der Waals surface area contributed by atoms with E-state index in [0.717, 1.165) is 4.90 Å². The molecule has 1 aliphatic rings. The number of carbonyl (C=O) groups excluding carboxylic acids is 2. The Morgan fingerprint density at radius 1 is 1.17 bits per heavy atom. The molecule has 3 heterocycles. The van der Waals surface area contributed by atoms with Gasteiger partial charge in [0.1, 0.15) is 0 Å². The third-order valence-electron chi connectivity index (χ3n) is 5.61. The molecule has 5 rings (SSSR count). The van der Waals surface area contributed by atoms with E-state index in [-0.39, 0.29) is 34.7 Å². The topological polar surface area (TPSA) is 125 Å². The highest BCUT2D eigenvalue weighted by Crippen LogP contribution is 2.47. The Balaban J connectivity index is 1.74. The van der Waals surface area contributed by atoms with Crippen LogP contribution in [-0.2, 0) is 21.8 Å². The molecule has 0 fully saturated rings. The number of thiophene rings is 1. The second kappa shape index (κ2) is 8.37. The summed E-state index contributed by atoms with van der Waals surface area (Å²) in [6.45, 7) is -0.138. The number of fused-ring (bicyclic) bond motifs is 2. The minimum Gasteiger partial charge on any atom is -0.465 e. The molecule has 1 aliphatic heterocycles. The fourth-order valence-electron chi connectivity index (χ4n) is 4.19. The van der Waals surface area contributed by atoms with Crippen LogP contribution in [0.4, 0.5) is 23.9 Å². The number of alkyl halides is 3. The lowest BCUT2D eigenvalue weighted by Crippen LogP contribution is -2.49. The van der Waals surface area contributed by atoms with Gasteiger partial charge in [0.25, 0.3) is 5.91 Å². The van der Waals surface area contributed by atoms with Crippen LogP contribution in [0.5, 0.6) is 0 Å². The lowest BCUT2D eigenvalue weighted by Gasteiger charge is -2.38. The van der Waals surface area contributed by atoms with Gasteiger partial charge in [0.2, 0.25) is 11.7 Å². The zero-order chi connectivity index (χ0) is 25.7. The number of imidazole rings is 1. The lowest BCUT2D eigenvalue weighted by molar-refractivity contribution is -0.222. The first-order chi connectivity index (χ1) is 17.1. The highest BCUT2D eigenvalue weighted by molar-refractivity contribution is 7.09. The summed E-state index contributed by atoms with van der Waals surface area (Å²) in [5, 5.41) is 12.8. The summed E-state index contributed by atoms with van der Waals surface area (Å²) in [7, 11) is 0. The molecule has 2 aromatic heterocycles. The molecule has 2 amide bonds. The quantitative estimate of drug-likeness (QED) is 0.331. The van der Waals surface area contributed by atoms with Gasteiger partial charge in [-0.1, -0.05) is 30.3 Å². The molecule has 0 aliphatic carbocycles. The zero-order valence-electron chi connectivity index (χ0n) is 18.0. The number of anilines is 1. The average molecular weight is 516 g/mol. The molecule has 0 radical (unpaired) electrons. The van der Waals surface area contributed by atoms with Gasteiger partial charge in [0.15, 0.2) is 0 Å². The predicted octanol–water partition coefficient (Wildman–Crippen LogP) is 4.68. The number of carboxylic acid groups (broad SMARTS) is 1. The molecule has 0 bridgehead atoms. The third kappa shape index (κ3) is 3.82. The minimum atomic E-state index is -5.34. The average Bonchev–Trinajstić information content (AvgIpc) is 3.52. The van der Waals surface area contributed by atoms with E-state index in [1.807, 2.05) is 0 Å². The van der Waals surface area contributed by atoms with Crippen LogP contribution in [0.1, 0.15) is 26.4 Å². The summed E-state index contributed by atoms with van der Waals surface area (Å²) in [6, 6.07) is 13.6. The molecule has 2 aromatic carbocycles. The van der Waals surface area contributed by atoms with Crippen LogP contribution < -0.4 is 5.32 Å². The number of carbonyl (C=O) groups is 3. The molecule has 3 N–H and O–H groups in total. The molecule has 36 heavy (non-hydrogen) atoms. The van der Waals surface area contributed by atoms with E-state index < -0.39 is 29.9 Å². The molecule has 4 aromatic rings. The van der Waals surface area contributed by atoms with E-state index in [0.29, 0.717) is 10.4 Å². The molecule has 1 unspecified atom stereocenters. The summed E-state index contributed by atoms with van der Waals surface area (Å²) in [5.41, 5.74) is -1.57. The monoisotopic (exact) mass is 516 g/mol. The number of hydrogen-bond acceptors (Lipinski definition) is 6. The number of aromatic nitrogens is 2. The second-order valence-corrected chi connectivity index (χ2v) is 8.83. The van der Waals surface area contributed by atoms with Gasteiger partial charge in [-0.05, 0) is 29.6 Å². The standard InChI is InChI=1S/C23H15F3N4O5S/c24-23(25,26)19(32)35-22(12-7-8-16-17(10-12)28-20(27-16)29-21(33)34)15-6-2-1-5-14(15)18(31)30(22)11-13-4-3-9-36-13/h1-10H,11H2,(H,33,34)(H2,27,28,29).